The van der Waals surface area contributed by atoms with Crippen molar-refractivity contribution in [3.05, 3.63) is 23.4 Å². The van der Waals surface area contributed by atoms with Gasteiger partial charge in [0.25, 0.3) is 0 Å². The number of piperidine rings is 1. The van der Waals surface area contributed by atoms with Crippen molar-refractivity contribution in [2.75, 3.05) is 44.2 Å². The first-order valence-electron chi connectivity index (χ1n) is 10.4. The van der Waals surface area contributed by atoms with Gasteiger partial charge in [-0.3, -0.25) is 4.90 Å². The summed E-state index contributed by atoms with van der Waals surface area (Å²) in [6.45, 7) is 5.15. The summed E-state index contributed by atoms with van der Waals surface area (Å²) in [4.78, 5) is 23.8. The Morgan fingerprint density at radius 3 is 2.59 bits per heavy atom. The van der Waals surface area contributed by atoms with Crippen LogP contribution in [0.5, 0.6) is 0 Å². The summed E-state index contributed by atoms with van der Waals surface area (Å²) in [7, 11) is 0. The molecule has 0 spiro atoms. The minimum absolute atomic E-state index is 0.0834. The maximum Gasteiger partial charge on any atom is 0.317 e. The van der Waals surface area contributed by atoms with Crippen LogP contribution in [0, 0.1) is 0 Å². The maximum atomic E-state index is 12.7. The van der Waals surface area contributed by atoms with Crippen molar-refractivity contribution >= 4 is 23.4 Å². The van der Waals surface area contributed by atoms with E-state index in [9.17, 15) is 4.79 Å². The number of nitrogens with zero attached hydrogens (tertiary/aromatic N) is 4. The Balaban J connectivity index is 1.26. The zero-order valence-electron chi connectivity index (χ0n) is 15.9. The van der Waals surface area contributed by atoms with Gasteiger partial charge in [-0.25, -0.2) is 9.78 Å². The molecule has 7 heteroatoms. The van der Waals surface area contributed by atoms with Crippen LogP contribution in [0.2, 0.25) is 5.02 Å². The lowest BCUT2D eigenvalue weighted by atomic mass is 10.0. The molecule has 6 nitrogen and oxygen atoms in total. The molecular formula is C20H30ClN5O. The molecule has 2 amide bonds. The first-order chi connectivity index (χ1) is 13.2. The van der Waals surface area contributed by atoms with E-state index < -0.39 is 0 Å². The summed E-state index contributed by atoms with van der Waals surface area (Å²) in [6, 6.07) is 4.82. The average Bonchev–Trinajstić information content (AvgIpc) is 3.24. The number of aromatic nitrogens is 1. The number of nitrogens with one attached hydrogen (secondary N) is 1. The van der Waals surface area contributed by atoms with Gasteiger partial charge in [0.15, 0.2) is 0 Å². The van der Waals surface area contributed by atoms with E-state index in [4.69, 9.17) is 11.6 Å². The fraction of sp³-hybridized carbons (Fsp3) is 0.700. The fourth-order valence-electron chi connectivity index (χ4n) is 4.72. The van der Waals surface area contributed by atoms with Crippen LogP contribution in [0.3, 0.4) is 0 Å². The zero-order valence-corrected chi connectivity index (χ0v) is 16.7. The van der Waals surface area contributed by atoms with Gasteiger partial charge in [-0.1, -0.05) is 24.4 Å². The Hall–Kier alpha value is -1.53. The van der Waals surface area contributed by atoms with E-state index in [1.165, 1.54) is 38.6 Å². The van der Waals surface area contributed by atoms with Gasteiger partial charge < -0.3 is 15.1 Å². The van der Waals surface area contributed by atoms with Crippen molar-refractivity contribution < 1.29 is 4.79 Å². The van der Waals surface area contributed by atoms with Crippen LogP contribution in [0.25, 0.3) is 0 Å². The summed E-state index contributed by atoms with van der Waals surface area (Å²) in [5.74, 6) is 0.818. The largest absolute Gasteiger partial charge is 0.352 e. The number of anilines is 1. The molecular weight excluding hydrogens is 362 g/mol. The molecule has 1 saturated carbocycles. The molecule has 1 atom stereocenters. The van der Waals surface area contributed by atoms with Gasteiger partial charge in [0.1, 0.15) is 5.82 Å². The molecule has 2 saturated heterocycles. The molecule has 3 heterocycles. The van der Waals surface area contributed by atoms with Gasteiger partial charge in [-0.05, 0) is 44.4 Å². The third-order valence-electron chi connectivity index (χ3n) is 6.23. The standard InChI is InChI=1S/C20H30ClN5O/c21-18-8-3-9-22-19(18)24-11-13-25(14-12-24)20(27)23-16-5-4-10-26(15-16)17-6-1-2-7-17/h3,8-9,16-17H,1-2,4-7,10-15H2,(H,23,27)/t16-/m1/s1. The van der Waals surface area contributed by atoms with Crippen molar-refractivity contribution in [2.24, 2.45) is 0 Å². The van der Waals surface area contributed by atoms with Crippen molar-refractivity contribution in [1.82, 2.24) is 20.1 Å². The maximum absolute atomic E-state index is 12.7. The number of carbonyl (C=O) groups is 1. The second-order valence-electron chi connectivity index (χ2n) is 8.00. The smallest absolute Gasteiger partial charge is 0.317 e. The molecule has 27 heavy (non-hydrogen) atoms. The summed E-state index contributed by atoms with van der Waals surface area (Å²) < 4.78 is 0. The Labute approximate surface area is 166 Å². The van der Waals surface area contributed by atoms with E-state index in [1.807, 2.05) is 17.0 Å². The van der Waals surface area contributed by atoms with Gasteiger partial charge in [0, 0.05) is 51.0 Å². The average molecular weight is 392 g/mol. The normalized spacial score (nSPS) is 25.0. The third-order valence-corrected chi connectivity index (χ3v) is 6.52. The molecule has 0 aromatic carbocycles. The molecule has 2 aliphatic heterocycles. The number of hydrogen-bond acceptors (Lipinski definition) is 4. The molecule has 3 fully saturated rings. The van der Waals surface area contributed by atoms with E-state index in [0.29, 0.717) is 18.1 Å². The van der Waals surface area contributed by atoms with Gasteiger partial charge in [0.05, 0.1) is 5.02 Å². The lowest BCUT2D eigenvalue weighted by Crippen LogP contribution is -2.56. The Kier molecular flexibility index (Phi) is 6.03. The summed E-state index contributed by atoms with van der Waals surface area (Å²) in [5, 5.41) is 3.96. The predicted octanol–water partition coefficient (Wildman–Crippen LogP) is 2.97. The van der Waals surface area contributed by atoms with E-state index in [2.05, 4.69) is 20.1 Å². The first kappa shape index (κ1) is 18.8. The predicted molar refractivity (Wildman–Crippen MR) is 108 cm³/mol. The Morgan fingerprint density at radius 2 is 1.85 bits per heavy atom. The number of amides is 2. The molecule has 1 N–H and O–H groups in total. The van der Waals surface area contributed by atoms with Gasteiger partial charge in [0.2, 0.25) is 0 Å². The second kappa shape index (κ2) is 8.65. The lowest BCUT2D eigenvalue weighted by molar-refractivity contribution is 0.133. The van der Waals surface area contributed by atoms with Crippen LogP contribution in [-0.2, 0) is 0 Å². The number of urea groups is 1. The van der Waals surface area contributed by atoms with Crippen LogP contribution < -0.4 is 10.2 Å². The van der Waals surface area contributed by atoms with Crippen molar-refractivity contribution in [2.45, 2.75) is 50.6 Å². The molecule has 0 unspecified atom stereocenters. The zero-order chi connectivity index (χ0) is 18.6. The number of piperazine rings is 1. The number of carbonyl (C=O) groups excluding carboxylic acids is 1. The van der Waals surface area contributed by atoms with Gasteiger partial charge >= 0.3 is 6.03 Å². The minimum Gasteiger partial charge on any atom is -0.352 e. The van der Waals surface area contributed by atoms with E-state index >= 15 is 0 Å². The van der Waals surface area contributed by atoms with Gasteiger partial charge in [-0.15, -0.1) is 0 Å². The quantitative estimate of drug-likeness (QED) is 0.860. The SMILES string of the molecule is O=C(N[C@@H]1CCCN(C2CCCC2)C1)N1CCN(c2ncccc2Cl)CC1. The fourth-order valence-corrected chi connectivity index (χ4v) is 4.96. The minimum atomic E-state index is 0.0834. The first-order valence-corrected chi connectivity index (χ1v) is 10.7. The van der Waals surface area contributed by atoms with Crippen LogP contribution in [0.15, 0.2) is 18.3 Å². The topological polar surface area (TPSA) is 51.7 Å². The van der Waals surface area contributed by atoms with E-state index in [1.54, 1.807) is 6.20 Å². The van der Waals surface area contributed by atoms with E-state index in [-0.39, 0.29) is 12.1 Å². The Morgan fingerprint density at radius 1 is 1.07 bits per heavy atom. The number of likely N-dealkylation sites (tertiary alicyclic amines) is 1. The van der Waals surface area contributed by atoms with Gasteiger partial charge in [-0.2, -0.15) is 0 Å². The molecule has 0 bridgehead atoms. The molecule has 1 aromatic rings. The Bertz CT molecular complexity index is 643. The van der Waals surface area contributed by atoms with Crippen LogP contribution in [-0.4, -0.2) is 72.2 Å². The molecule has 1 aliphatic carbocycles. The summed E-state index contributed by atoms with van der Waals surface area (Å²) in [5.41, 5.74) is 0. The van der Waals surface area contributed by atoms with Crippen molar-refractivity contribution in [3.8, 4) is 0 Å². The van der Waals surface area contributed by atoms with Crippen molar-refractivity contribution in [3.63, 3.8) is 0 Å². The molecule has 4 rings (SSSR count). The monoisotopic (exact) mass is 391 g/mol. The highest BCUT2D eigenvalue weighted by atomic mass is 35.5. The number of pyridine rings is 1. The highest BCUT2D eigenvalue weighted by molar-refractivity contribution is 6.32. The lowest BCUT2D eigenvalue weighted by Gasteiger charge is -2.39. The highest BCUT2D eigenvalue weighted by Crippen LogP contribution is 2.26. The van der Waals surface area contributed by atoms with Crippen molar-refractivity contribution in [1.29, 1.82) is 0 Å². The molecule has 148 valence electrons. The number of rotatable bonds is 3. The summed E-state index contributed by atoms with van der Waals surface area (Å²) >= 11 is 6.25. The number of halogens is 1. The molecule has 1 aromatic heterocycles. The second-order valence-corrected chi connectivity index (χ2v) is 8.41. The number of hydrogen-bond donors (Lipinski definition) is 1. The third kappa shape index (κ3) is 4.49. The van der Waals surface area contributed by atoms with Crippen LogP contribution >= 0.6 is 11.6 Å². The van der Waals surface area contributed by atoms with Crippen LogP contribution in [0.1, 0.15) is 38.5 Å². The highest BCUT2D eigenvalue weighted by Gasteiger charge is 2.30. The molecule has 0 radical (unpaired) electrons. The molecule has 3 aliphatic rings. The van der Waals surface area contributed by atoms with Crippen LogP contribution in [0.4, 0.5) is 10.6 Å². The van der Waals surface area contributed by atoms with E-state index in [0.717, 1.165) is 37.9 Å². The summed E-state index contributed by atoms with van der Waals surface area (Å²) in [6.07, 6.45) is 9.44.